The monoisotopic (exact) mass is 661 g/mol. The van der Waals surface area contributed by atoms with Crippen molar-refractivity contribution < 1.29 is 23.8 Å². The number of aliphatic hydroxyl groups excluding tert-OH is 1. The number of hydrogen-bond acceptors (Lipinski definition) is 6. The lowest BCUT2D eigenvalue weighted by Crippen LogP contribution is -2.52. The van der Waals surface area contributed by atoms with Crippen LogP contribution in [0.25, 0.3) is 6.08 Å². The third-order valence-corrected chi connectivity index (χ3v) is 8.01. The number of aliphatic hydroxyl groups is 1. The Kier molecular flexibility index (Phi) is 11.4. The van der Waals surface area contributed by atoms with Gasteiger partial charge in [-0.2, -0.15) is 0 Å². The van der Waals surface area contributed by atoms with Gasteiger partial charge in [0, 0.05) is 47.2 Å². The Morgan fingerprint density at radius 1 is 1.02 bits per heavy atom. The molecule has 238 valence electrons. The van der Waals surface area contributed by atoms with E-state index in [0.717, 1.165) is 11.1 Å². The summed E-state index contributed by atoms with van der Waals surface area (Å²) in [4.78, 5) is 19.2. The Balaban J connectivity index is 1.47. The summed E-state index contributed by atoms with van der Waals surface area (Å²) in [5.74, 6) is 0.147. The molecule has 5 rings (SSSR count). The molecule has 1 heterocycles. The Hall–Kier alpha value is -4.21. The van der Waals surface area contributed by atoms with Gasteiger partial charge in [-0.05, 0) is 66.1 Å². The van der Waals surface area contributed by atoms with Crippen LogP contribution >= 0.6 is 23.2 Å². The van der Waals surface area contributed by atoms with Gasteiger partial charge in [-0.15, -0.1) is 0 Å². The first-order valence-corrected chi connectivity index (χ1v) is 15.7. The van der Waals surface area contributed by atoms with E-state index >= 15 is 0 Å². The number of rotatable bonds is 14. The molecule has 2 atom stereocenters. The molecule has 0 bridgehead atoms. The SMILES string of the molecule is O=C(NNCCc1cccc(F)c1)[C@@]1(C/C=C/c2ccccc2)N=C(c2ccc(OCCCO)cc2)O[C@H]1c1ccc(Cl)cc1Cl. The van der Waals surface area contributed by atoms with Gasteiger partial charge < -0.3 is 14.6 Å². The number of carbonyl (C=O) groups is 1. The van der Waals surface area contributed by atoms with Gasteiger partial charge in [0.25, 0.3) is 5.91 Å². The minimum Gasteiger partial charge on any atom is -0.494 e. The number of ether oxygens (including phenoxy) is 2. The van der Waals surface area contributed by atoms with Crippen LogP contribution in [0.5, 0.6) is 5.75 Å². The van der Waals surface area contributed by atoms with Gasteiger partial charge in [-0.25, -0.2) is 14.8 Å². The second-order valence-electron chi connectivity index (χ2n) is 10.7. The van der Waals surface area contributed by atoms with Gasteiger partial charge in [0.1, 0.15) is 11.6 Å². The molecule has 0 aliphatic carbocycles. The van der Waals surface area contributed by atoms with Gasteiger partial charge in [0.2, 0.25) is 5.90 Å². The molecule has 1 aliphatic heterocycles. The Morgan fingerprint density at radius 3 is 2.57 bits per heavy atom. The molecule has 1 amide bonds. The van der Waals surface area contributed by atoms with Crippen molar-refractivity contribution in [2.45, 2.75) is 30.9 Å². The van der Waals surface area contributed by atoms with Crippen LogP contribution in [0.4, 0.5) is 4.39 Å². The number of carbonyl (C=O) groups excluding carboxylic acids is 1. The molecule has 3 N–H and O–H groups in total. The van der Waals surface area contributed by atoms with Crippen LogP contribution in [-0.4, -0.2) is 42.2 Å². The largest absolute Gasteiger partial charge is 0.494 e. The highest BCUT2D eigenvalue weighted by atomic mass is 35.5. The van der Waals surface area contributed by atoms with Gasteiger partial charge in [-0.3, -0.25) is 10.2 Å². The zero-order chi connectivity index (χ0) is 32.4. The molecule has 0 aromatic heterocycles. The van der Waals surface area contributed by atoms with E-state index in [1.165, 1.54) is 12.1 Å². The van der Waals surface area contributed by atoms with Crippen molar-refractivity contribution in [1.29, 1.82) is 0 Å². The first-order chi connectivity index (χ1) is 22.4. The van der Waals surface area contributed by atoms with Gasteiger partial charge in [0.05, 0.1) is 6.61 Å². The van der Waals surface area contributed by atoms with Crippen molar-refractivity contribution in [1.82, 2.24) is 10.9 Å². The number of hydrogen-bond donors (Lipinski definition) is 3. The van der Waals surface area contributed by atoms with E-state index in [2.05, 4.69) is 10.9 Å². The molecule has 4 aromatic rings. The van der Waals surface area contributed by atoms with Crippen molar-refractivity contribution in [3.8, 4) is 5.75 Å². The summed E-state index contributed by atoms with van der Waals surface area (Å²) in [5.41, 5.74) is 7.29. The lowest BCUT2D eigenvalue weighted by Gasteiger charge is -2.30. The fourth-order valence-electron chi connectivity index (χ4n) is 5.10. The molecule has 0 radical (unpaired) electrons. The van der Waals surface area contributed by atoms with Crippen LogP contribution in [0, 0.1) is 5.82 Å². The number of nitrogens with one attached hydrogen (secondary N) is 2. The highest BCUT2D eigenvalue weighted by Gasteiger charge is 2.53. The summed E-state index contributed by atoms with van der Waals surface area (Å²) in [6.45, 7) is 0.778. The number of hydrazine groups is 1. The predicted molar refractivity (Wildman–Crippen MR) is 180 cm³/mol. The van der Waals surface area contributed by atoms with E-state index in [4.69, 9.17) is 42.8 Å². The number of amides is 1. The predicted octanol–water partition coefficient (Wildman–Crippen LogP) is 7.12. The molecule has 0 fully saturated rings. The van der Waals surface area contributed by atoms with Crippen LogP contribution in [0.3, 0.4) is 0 Å². The third kappa shape index (κ3) is 8.33. The van der Waals surface area contributed by atoms with Crippen molar-refractivity contribution in [3.05, 3.63) is 141 Å². The summed E-state index contributed by atoms with van der Waals surface area (Å²) in [5, 5.41) is 9.84. The average molecular weight is 663 g/mol. The van der Waals surface area contributed by atoms with Gasteiger partial charge >= 0.3 is 0 Å². The van der Waals surface area contributed by atoms with E-state index in [0.29, 0.717) is 52.9 Å². The van der Waals surface area contributed by atoms with E-state index in [1.54, 1.807) is 48.5 Å². The van der Waals surface area contributed by atoms with Crippen LogP contribution in [0.1, 0.15) is 41.2 Å². The highest BCUT2D eigenvalue weighted by molar-refractivity contribution is 6.35. The van der Waals surface area contributed by atoms with Crippen LogP contribution in [-0.2, 0) is 16.0 Å². The number of benzene rings is 4. The minimum atomic E-state index is -1.47. The minimum absolute atomic E-state index is 0.0416. The summed E-state index contributed by atoms with van der Waals surface area (Å²) in [6, 6.07) is 28.3. The van der Waals surface area contributed by atoms with Crippen LogP contribution in [0.2, 0.25) is 10.0 Å². The Labute approximate surface area is 277 Å². The molecule has 1 aliphatic rings. The molecular weight excluding hydrogens is 628 g/mol. The summed E-state index contributed by atoms with van der Waals surface area (Å²) in [7, 11) is 0. The molecule has 0 spiro atoms. The van der Waals surface area contributed by atoms with Gasteiger partial charge in [0.15, 0.2) is 11.6 Å². The van der Waals surface area contributed by atoms with Crippen LogP contribution < -0.4 is 15.6 Å². The van der Waals surface area contributed by atoms with Crippen molar-refractivity contribution >= 4 is 41.1 Å². The number of aliphatic imine (C=N–C) groups is 1. The Bertz CT molecular complexity index is 1680. The first kappa shape index (κ1) is 33.2. The molecule has 4 aromatic carbocycles. The quantitative estimate of drug-likeness (QED) is 0.0989. The maximum Gasteiger partial charge on any atom is 0.266 e. The number of nitrogens with zero attached hydrogens (tertiary/aromatic N) is 1. The second-order valence-corrected chi connectivity index (χ2v) is 11.6. The first-order valence-electron chi connectivity index (χ1n) is 14.9. The molecule has 7 nitrogen and oxygen atoms in total. The zero-order valence-corrected chi connectivity index (χ0v) is 26.5. The maximum absolute atomic E-state index is 14.3. The maximum atomic E-state index is 14.3. The molecule has 0 unspecified atom stereocenters. The number of halogens is 3. The Morgan fingerprint density at radius 2 is 1.83 bits per heavy atom. The van der Waals surface area contributed by atoms with Crippen molar-refractivity contribution in [2.75, 3.05) is 19.8 Å². The van der Waals surface area contributed by atoms with E-state index in [1.807, 2.05) is 48.6 Å². The van der Waals surface area contributed by atoms with Crippen molar-refractivity contribution in [3.63, 3.8) is 0 Å². The fourth-order valence-corrected chi connectivity index (χ4v) is 5.60. The van der Waals surface area contributed by atoms with Crippen LogP contribution in [0.15, 0.2) is 108 Å². The highest BCUT2D eigenvalue weighted by Crippen LogP contribution is 2.45. The van der Waals surface area contributed by atoms with E-state index < -0.39 is 17.6 Å². The van der Waals surface area contributed by atoms with Crippen molar-refractivity contribution in [2.24, 2.45) is 4.99 Å². The smallest absolute Gasteiger partial charge is 0.266 e. The third-order valence-electron chi connectivity index (χ3n) is 7.44. The topological polar surface area (TPSA) is 92.2 Å². The molecule has 10 heteroatoms. The molecule has 0 saturated heterocycles. The standard InChI is InChI=1S/C36H34Cl2FN3O4/c37-28-14-17-31(32(38)24-28)33-36(19-5-10-25-7-2-1-3-8-25,35(44)42-40-20-18-26-9-4-11-29(39)23-26)41-34(46-33)27-12-15-30(16-13-27)45-22-6-21-43/h1-5,7-17,23-24,33,40,43H,6,18-22H2,(H,42,44)/b10-5+/t33-,36-/m0/s1. The summed E-state index contributed by atoms with van der Waals surface area (Å²) < 4.78 is 25.9. The molecular formula is C36H34Cl2FN3O4. The molecule has 0 saturated carbocycles. The normalized spacial score (nSPS) is 17.5. The summed E-state index contributed by atoms with van der Waals surface area (Å²) >= 11 is 12.9. The molecule has 46 heavy (non-hydrogen) atoms. The summed E-state index contributed by atoms with van der Waals surface area (Å²) in [6.07, 6.45) is 4.10. The second kappa shape index (κ2) is 15.9. The lowest BCUT2D eigenvalue weighted by atomic mass is 9.84. The fraction of sp³-hybridized carbons (Fsp3) is 0.222. The van der Waals surface area contributed by atoms with Gasteiger partial charge in [-0.1, -0.05) is 83.9 Å². The lowest BCUT2D eigenvalue weighted by molar-refractivity contribution is -0.129. The van der Waals surface area contributed by atoms with E-state index in [9.17, 15) is 9.18 Å². The average Bonchev–Trinajstić information content (AvgIpc) is 3.44. The zero-order valence-electron chi connectivity index (χ0n) is 25.0. The van der Waals surface area contributed by atoms with E-state index in [-0.39, 0.29) is 24.7 Å².